The van der Waals surface area contributed by atoms with Gasteiger partial charge >= 0.3 is 0 Å². The Hall–Kier alpha value is -2.23. The van der Waals surface area contributed by atoms with Gasteiger partial charge in [0.2, 0.25) is 5.69 Å². The molecule has 0 aromatic heterocycles. The highest BCUT2D eigenvalue weighted by molar-refractivity contribution is 9.09. The van der Waals surface area contributed by atoms with E-state index in [1.54, 1.807) is 4.90 Å². The molecule has 0 radical (unpaired) electrons. The van der Waals surface area contributed by atoms with Crippen molar-refractivity contribution in [3.05, 3.63) is 39.2 Å². The second kappa shape index (κ2) is 8.75. The summed E-state index contributed by atoms with van der Waals surface area (Å²) in [6, 6.07) is 2.14. The smallest absolute Gasteiger partial charge is 0.272 e. The van der Waals surface area contributed by atoms with Gasteiger partial charge in [-0.1, -0.05) is 15.9 Å². The molecular formula is C13H15BrN4O6S. The minimum Gasteiger partial charge on any atom is -0.377 e. The van der Waals surface area contributed by atoms with Crippen molar-refractivity contribution < 1.29 is 22.3 Å². The molecule has 0 aliphatic rings. The molecule has 0 aliphatic carbocycles. The SMILES string of the molecule is [C-]#[N+]c1cc([N+](=O)[O-])c(C(N)=O)cc1N(CCBr)CCOS(C)(=O)=O. The first-order valence-corrected chi connectivity index (χ1v) is 9.69. The summed E-state index contributed by atoms with van der Waals surface area (Å²) in [6.07, 6.45) is 0.906. The Morgan fingerprint density at radius 3 is 2.56 bits per heavy atom. The molecule has 1 rings (SSSR count). The van der Waals surface area contributed by atoms with E-state index >= 15 is 0 Å². The van der Waals surface area contributed by atoms with E-state index in [2.05, 4.69) is 25.0 Å². The summed E-state index contributed by atoms with van der Waals surface area (Å²) in [5, 5.41) is 11.5. The second-order valence-corrected chi connectivity index (χ2v) is 7.23. The second-order valence-electron chi connectivity index (χ2n) is 4.79. The number of carbonyl (C=O) groups is 1. The zero-order chi connectivity index (χ0) is 19.2. The molecule has 2 N–H and O–H groups in total. The molecule has 0 spiro atoms. The number of nitrogens with two attached hydrogens (primary N) is 1. The molecule has 25 heavy (non-hydrogen) atoms. The summed E-state index contributed by atoms with van der Waals surface area (Å²) in [5.74, 6) is -1.00. The molecule has 0 fully saturated rings. The Balaban J connectivity index is 3.33. The number of hydrogen-bond acceptors (Lipinski definition) is 7. The summed E-state index contributed by atoms with van der Waals surface area (Å²) in [6.45, 7) is 7.45. The molecule has 136 valence electrons. The van der Waals surface area contributed by atoms with Gasteiger partial charge in [-0.05, 0) is 6.07 Å². The number of rotatable bonds is 9. The van der Waals surface area contributed by atoms with E-state index in [1.165, 1.54) is 0 Å². The zero-order valence-electron chi connectivity index (χ0n) is 13.1. The Morgan fingerprint density at radius 1 is 1.48 bits per heavy atom. The van der Waals surface area contributed by atoms with Gasteiger partial charge in [-0.15, -0.1) is 0 Å². The van der Waals surface area contributed by atoms with Crippen molar-refractivity contribution in [3.63, 3.8) is 0 Å². The van der Waals surface area contributed by atoms with E-state index < -0.39 is 26.6 Å². The van der Waals surface area contributed by atoms with Crippen LogP contribution in [0.4, 0.5) is 17.1 Å². The highest BCUT2D eigenvalue weighted by atomic mass is 79.9. The van der Waals surface area contributed by atoms with Gasteiger partial charge < -0.3 is 10.6 Å². The summed E-state index contributed by atoms with van der Waals surface area (Å²) in [5.41, 5.74) is 4.46. The van der Waals surface area contributed by atoms with Gasteiger partial charge in [0.05, 0.1) is 24.4 Å². The minimum atomic E-state index is -3.63. The molecule has 0 bridgehead atoms. The lowest BCUT2D eigenvalue weighted by Crippen LogP contribution is -2.30. The van der Waals surface area contributed by atoms with Crippen LogP contribution in [0.5, 0.6) is 0 Å². The first kappa shape index (κ1) is 20.8. The average Bonchev–Trinajstić information content (AvgIpc) is 2.51. The molecule has 0 heterocycles. The summed E-state index contributed by atoms with van der Waals surface area (Å²) in [7, 11) is -3.63. The van der Waals surface area contributed by atoms with Gasteiger partial charge in [-0.3, -0.25) is 19.1 Å². The van der Waals surface area contributed by atoms with E-state index in [0.29, 0.717) is 11.9 Å². The van der Waals surface area contributed by atoms with Crippen LogP contribution in [0.15, 0.2) is 12.1 Å². The van der Waals surface area contributed by atoms with Crippen LogP contribution in [0.2, 0.25) is 0 Å². The summed E-state index contributed by atoms with van der Waals surface area (Å²) >= 11 is 3.23. The third-order valence-electron chi connectivity index (χ3n) is 3.03. The van der Waals surface area contributed by atoms with Crippen LogP contribution in [0.25, 0.3) is 4.85 Å². The number of anilines is 1. The number of nitro groups is 1. The van der Waals surface area contributed by atoms with E-state index in [9.17, 15) is 23.3 Å². The molecule has 1 amide bonds. The predicted molar refractivity (Wildman–Crippen MR) is 94.7 cm³/mol. The quantitative estimate of drug-likeness (QED) is 0.204. The number of nitro benzene ring substituents is 1. The number of carbonyl (C=O) groups excluding carboxylic acids is 1. The van der Waals surface area contributed by atoms with Gasteiger partial charge in [0.15, 0.2) is 0 Å². The number of nitrogens with zero attached hydrogens (tertiary/aromatic N) is 3. The normalized spacial score (nSPS) is 10.9. The van der Waals surface area contributed by atoms with Crippen LogP contribution < -0.4 is 10.6 Å². The highest BCUT2D eigenvalue weighted by Gasteiger charge is 2.24. The standard InChI is InChI=1S/C13H15BrN4O6S/c1-16-10-8-11(18(20)21)9(13(15)19)7-12(10)17(4-3-14)5-6-24-25(2,22)23/h7-8H,3-6H2,2H3,(H2,15,19). The third kappa shape index (κ3) is 5.96. The molecule has 1 aromatic rings. The molecule has 0 saturated heterocycles. The molecule has 0 saturated carbocycles. The molecular weight excluding hydrogens is 420 g/mol. The predicted octanol–water partition coefficient (Wildman–Crippen LogP) is 1.42. The largest absolute Gasteiger partial charge is 0.377 e. The molecule has 12 heteroatoms. The maximum absolute atomic E-state index is 11.5. The Morgan fingerprint density at radius 2 is 2.12 bits per heavy atom. The number of amides is 1. The monoisotopic (exact) mass is 434 g/mol. The maximum atomic E-state index is 11.5. The fourth-order valence-electron chi connectivity index (χ4n) is 2.01. The molecule has 0 aliphatic heterocycles. The number of alkyl halides is 1. The van der Waals surface area contributed by atoms with E-state index in [-0.39, 0.29) is 30.1 Å². The molecule has 0 unspecified atom stereocenters. The van der Waals surface area contributed by atoms with Crippen molar-refractivity contribution in [1.82, 2.24) is 0 Å². The summed E-state index contributed by atoms with van der Waals surface area (Å²) in [4.78, 5) is 26.6. The van der Waals surface area contributed by atoms with Gasteiger partial charge in [0, 0.05) is 30.2 Å². The molecule has 1 aromatic carbocycles. The topological polar surface area (TPSA) is 137 Å². The van der Waals surface area contributed by atoms with E-state index in [1.807, 2.05) is 0 Å². The maximum Gasteiger partial charge on any atom is 0.272 e. The Labute approximate surface area is 152 Å². The fraction of sp³-hybridized carbons (Fsp3) is 0.385. The lowest BCUT2D eigenvalue weighted by molar-refractivity contribution is -0.385. The van der Waals surface area contributed by atoms with Crippen molar-refractivity contribution in [2.45, 2.75) is 0 Å². The van der Waals surface area contributed by atoms with Crippen molar-refractivity contribution in [2.75, 3.05) is 36.2 Å². The number of hydrogen-bond donors (Lipinski definition) is 1. The van der Waals surface area contributed by atoms with Crippen LogP contribution in [0, 0.1) is 16.7 Å². The van der Waals surface area contributed by atoms with Gasteiger partial charge in [-0.25, -0.2) is 4.85 Å². The Bertz CT molecular complexity index is 821. The summed E-state index contributed by atoms with van der Waals surface area (Å²) < 4.78 is 26.8. The van der Waals surface area contributed by atoms with Gasteiger partial charge in [0.25, 0.3) is 21.7 Å². The minimum absolute atomic E-state index is 0.0583. The van der Waals surface area contributed by atoms with Gasteiger partial charge in [-0.2, -0.15) is 8.42 Å². The fourth-order valence-corrected chi connectivity index (χ4v) is 2.82. The van der Waals surface area contributed by atoms with Crippen molar-refractivity contribution >= 4 is 49.0 Å². The number of benzene rings is 1. The van der Waals surface area contributed by atoms with Crippen LogP contribution in [-0.2, 0) is 14.3 Å². The van der Waals surface area contributed by atoms with Crippen LogP contribution in [0.1, 0.15) is 10.4 Å². The lowest BCUT2D eigenvalue weighted by Gasteiger charge is -2.25. The average molecular weight is 435 g/mol. The third-order valence-corrected chi connectivity index (χ3v) is 3.98. The van der Waals surface area contributed by atoms with E-state index in [4.69, 9.17) is 12.3 Å². The zero-order valence-corrected chi connectivity index (χ0v) is 15.5. The van der Waals surface area contributed by atoms with Crippen LogP contribution in [-0.4, -0.2) is 50.5 Å². The van der Waals surface area contributed by atoms with Crippen LogP contribution >= 0.6 is 15.9 Å². The number of halogens is 1. The first-order chi connectivity index (χ1) is 11.6. The highest BCUT2D eigenvalue weighted by Crippen LogP contribution is 2.35. The van der Waals surface area contributed by atoms with Crippen LogP contribution in [0.3, 0.4) is 0 Å². The van der Waals surface area contributed by atoms with Gasteiger partial charge in [0.1, 0.15) is 5.56 Å². The lowest BCUT2D eigenvalue weighted by atomic mass is 10.1. The van der Waals surface area contributed by atoms with Crippen molar-refractivity contribution in [1.29, 1.82) is 0 Å². The Kier molecular flexibility index (Phi) is 7.28. The van der Waals surface area contributed by atoms with Crippen molar-refractivity contribution in [3.8, 4) is 0 Å². The molecule has 0 atom stereocenters. The number of primary amides is 1. The first-order valence-electron chi connectivity index (χ1n) is 6.75. The van der Waals surface area contributed by atoms with Crippen molar-refractivity contribution in [2.24, 2.45) is 5.73 Å². The molecule has 10 nitrogen and oxygen atoms in total. The van der Waals surface area contributed by atoms with E-state index in [0.717, 1.165) is 18.4 Å².